The first-order valence-corrected chi connectivity index (χ1v) is 7.16. The number of nitrogens with one attached hydrogen (secondary N) is 1. The molecule has 0 unspecified atom stereocenters. The molecule has 0 aliphatic heterocycles. The van der Waals surface area contributed by atoms with Crippen LogP contribution in [-0.2, 0) is 11.3 Å². The fourth-order valence-corrected chi connectivity index (χ4v) is 2.27. The van der Waals surface area contributed by atoms with Crippen LogP contribution in [0.25, 0.3) is 0 Å². The highest BCUT2D eigenvalue weighted by Crippen LogP contribution is 2.23. The molecule has 1 rings (SSSR count). The van der Waals surface area contributed by atoms with Gasteiger partial charge in [0, 0.05) is 31.9 Å². The standard InChI is InChI=1S/C16H28N2O/c1-6-17-12-15-7-8-16(14(4)11-15)18(13(2)3)9-10-19-5/h7-8,11,13,17H,6,9-10,12H2,1-5H3. The molecule has 1 aromatic carbocycles. The highest BCUT2D eigenvalue weighted by molar-refractivity contribution is 5.55. The molecule has 1 N–H and O–H groups in total. The van der Waals surface area contributed by atoms with E-state index in [0.29, 0.717) is 6.04 Å². The van der Waals surface area contributed by atoms with Crippen LogP contribution in [-0.4, -0.2) is 32.8 Å². The lowest BCUT2D eigenvalue weighted by Gasteiger charge is -2.30. The first kappa shape index (κ1) is 16.0. The summed E-state index contributed by atoms with van der Waals surface area (Å²) < 4.78 is 5.21. The molecule has 0 radical (unpaired) electrons. The van der Waals surface area contributed by atoms with Gasteiger partial charge >= 0.3 is 0 Å². The van der Waals surface area contributed by atoms with Gasteiger partial charge in [-0.25, -0.2) is 0 Å². The van der Waals surface area contributed by atoms with Crippen molar-refractivity contribution >= 4 is 5.69 Å². The maximum absolute atomic E-state index is 5.21. The van der Waals surface area contributed by atoms with E-state index >= 15 is 0 Å². The van der Waals surface area contributed by atoms with Crippen LogP contribution < -0.4 is 10.2 Å². The summed E-state index contributed by atoms with van der Waals surface area (Å²) in [5.74, 6) is 0. The maximum atomic E-state index is 5.21. The van der Waals surface area contributed by atoms with Crippen LogP contribution in [0.3, 0.4) is 0 Å². The van der Waals surface area contributed by atoms with Crippen molar-refractivity contribution in [3.05, 3.63) is 29.3 Å². The van der Waals surface area contributed by atoms with E-state index in [1.165, 1.54) is 16.8 Å². The molecule has 3 nitrogen and oxygen atoms in total. The summed E-state index contributed by atoms with van der Waals surface area (Å²) in [6, 6.07) is 7.21. The smallest absolute Gasteiger partial charge is 0.0637 e. The number of nitrogens with zero attached hydrogens (tertiary/aromatic N) is 1. The first-order valence-electron chi connectivity index (χ1n) is 7.16. The summed E-state index contributed by atoms with van der Waals surface area (Å²) in [6.07, 6.45) is 0. The summed E-state index contributed by atoms with van der Waals surface area (Å²) in [5.41, 5.74) is 3.99. The van der Waals surface area contributed by atoms with Crippen LogP contribution in [0.4, 0.5) is 5.69 Å². The number of benzene rings is 1. The Morgan fingerprint density at radius 3 is 2.58 bits per heavy atom. The predicted octanol–water partition coefficient (Wildman–Crippen LogP) is 2.97. The van der Waals surface area contributed by atoms with Gasteiger partial charge in [0.2, 0.25) is 0 Å². The second-order valence-electron chi connectivity index (χ2n) is 5.18. The van der Waals surface area contributed by atoms with Crippen LogP contribution in [0.1, 0.15) is 31.9 Å². The average Bonchev–Trinajstić information content (AvgIpc) is 2.38. The Kier molecular flexibility index (Phi) is 6.89. The number of ether oxygens (including phenoxy) is 1. The third kappa shape index (κ3) is 4.84. The molecule has 0 aromatic heterocycles. The minimum atomic E-state index is 0.480. The van der Waals surface area contributed by atoms with Crippen molar-refractivity contribution in [2.45, 2.75) is 40.3 Å². The van der Waals surface area contributed by atoms with Gasteiger partial charge in [0.1, 0.15) is 0 Å². The molecule has 19 heavy (non-hydrogen) atoms. The summed E-state index contributed by atoms with van der Waals surface area (Å²) in [5, 5.41) is 3.36. The summed E-state index contributed by atoms with van der Waals surface area (Å²) in [4.78, 5) is 2.40. The zero-order valence-electron chi connectivity index (χ0n) is 13.0. The van der Waals surface area contributed by atoms with E-state index in [2.05, 4.69) is 56.1 Å². The molecule has 0 atom stereocenters. The van der Waals surface area contributed by atoms with Gasteiger partial charge in [0.15, 0.2) is 0 Å². The molecule has 0 spiro atoms. The fourth-order valence-electron chi connectivity index (χ4n) is 2.27. The van der Waals surface area contributed by atoms with Crippen molar-refractivity contribution < 1.29 is 4.74 Å². The average molecular weight is 264 g/mol. The molecule has 0 aliphatic carbocycles. The van der Waals surface area contributed by atoms with Gasteiger partial charge in [-0.05, 0) is 44.5 Å². The van der Waals surface area contributed by atoms with Gasteiger partial charge in [-0.3, -0.25) is 0 Å². The largest absolute Gasteiger partial charge is 0.383 e. The van der Waals surface area contributed by atoms with Crippen molar-refractivity contribution in [3.63, 3.8) is 0 Å². The van der Waals surface area contributed by atoms with Crippen molar-refractivity contribution in [1.82, 2.24) is 5.32 Å². The Bertz CT molecular complexity index is 377. The Morgan fingerprint density at radius 2 is 2.05 bits per heavy atom. The highest BCUT2D eigenvalue weighted by atomic mass is 16.5. The van der Waals surface area contributed by atoms with E-state index in [9.17, 15) is 0 Å². The van der Waals surface area contributed by atoms with E-state index in [0.717, 1.165) is 26.2 Å². The van der Waals surface area contributed by atoms with Crippen molar-refractivity contribution in [2.24, 2.45) is 0 Å². The number of anilines is 1. The normalized spacial score (nSPS) is 11.1. The fraction of sp³-hybridized carbons (Fsp3) is 0.625. The lowest BCUT2D eigenvalue weighted by molar-refractivity contribution is 0.204. The van der Waals surface area contributed by atoms with Crippen LogP contribution in [0, 0.1) is 6.92 Å². The number of aryl methyl sites for hydroxylation is 1. The van der Waals surface area contributed by atoms with Gasteiger partial charge in [0.05, 0.1) is 6.61 Å². The SMILES string of the molecule is CCNCc1ccc(N(CCOC)C(C)C)c(C)c1. The molecular formula is C16H28N2O. The second-order valence-corrected chi connectivity index (χ2v) is 5.18. The molecule has 3 heteroatoms. The van der Waals surface area contributed by atoms with Gasteiger partial charge in [0.25, 0.3) is 0 Å². The van der Waals surface area contributed by atoms with Crippen LogP contribution in [0.15, 0.2) is 18.2 Å². The van der Waals surface area contributed by atoms with E-state index in [1.807, 2.05) is 0 Å². The van der Waals surface area contributed by atoms with Gasteiger partial charge in [-0.15, -0.1) is 0 Å². The summed E-state index contributed by atoms with van der Waals surface area (Å²) >= 11 is 0. The molecule has 0 saturated heterocycles. The Morgan fingerprint density at radius 1 is 1.32 bits per heavy atom. The zero-order valence-corrected chi connectivity index (χ0v) is 13.0. The van der Waals surface area contributed by atoms with Crippen molar-refractivity contribution in [2.75, 3.05) is 31.7 Å². The number of methoxy groups -OCH3 is 1. The first-order chi connectivity index (χ1) is 9.10. The molecule has 0 bridgehead atoms. The highest BCUT2D eigenvalue weighted by Gasteiger charge is 2.12. The molecule has 0 heterocycles. The zero-order chi connectivity index (χ0) is 14.3. The number of hydrogen-bond donors (Lipinski definition) is 1. The van der Waals surface area contributed by atoms with Crippen LogP contribution in [0.5, 0.6) is 0 Å². The summed E-state index contributed by atoms with van der Waals surface area (Å²) in [6.45, 7) is 12.4. The minimum Gasteiger partial charge on any atom is -0.383 e. The summed E-state index contributed by atoms with van der Waals surface area (Å²) in [7, 11) is 1.75. The molecule has 0 amide bonds. The number of hydrogen-bond acceptors (Lipinski definition) is 3. The lowest BCUT2D eigenvalue weighted by atomic mass is 10.1. The molecule has 0 aliphatic rings. The van der Waals surface area contributed by atoms with Crippen molar-refractivity contribution in [3.8, 4) is 0 Å². The Labute approximate surface area is 118 Å². The van der Waals surface area contributed by atoms with Gasteiger partial charge < -0.3 is 15.0 Å². The second kappa shape index (κ2) is 8.18. The predicted molar refractivity (Wildman–Crippen MR) is 82.9 cm³/mol. The third-order valence-corrected chi connectivity index (χ3v) is 3.31. The lowest BCUT2D eigenvalue weighted by Crippen LogP contribution is -2.34. The monoisotopic (exact) mass is 264 g/mol. The van der Waals surface area contributed by atoms with Crippen molar-refractivity contribution in [1.29, 1.82) is 0 Å². The minimum absolute atomic E-state index is 0.480. The van der Waals surface area contributed by atoms with Crippen LogP contribution >= 0.6 is 0 Å². The van der Waals surface area contributed by atoms with Crippen LogP contribution in [0.2, 0.25) is 0 Å². The van der Waals surface area contributed by atoms with E-state index in [-0.39, 0.29) is 0 Å². The maximum Gasteiger partial charge on any atom is 0.0637 e. The van der Waals surface area contributed by atoms with Gasteiger partial charge in [-0.1, -0.05) is 19.1 Å². The quantitative estimate of drug-likeness (QED) is 0.781. The topological polar surface area (TPSA) is 24.5 Å². The molecule has 0 saturated carbocycles. The Balaban J connectivity index is 2.85. The molecule has 108 valence electrons. The third-order valence-electron chi connectivity index (χ3n) is 3.31. The Hall–Kier alpha value is -1.06. The molecule has 0 fully saturated rings. The van der Waals surface area contributed by atoms with E-state index in [4.69, 9.17) is 4.74 Å². The molecule has 1 aromatic rings. The van der Waals surface area contributed by atoms with Gasteiger partial charge in [-0.2, -0.15) is 0 Å². The number of rotatable bonds is 8. The van der Waals surface area contributed by atoms with E-state index < -0.39 is 0 Å². The van der Waals surface area contributed by atoms with E-state index in [1.54, 1.807) is 7.11 Å². The molecular weight excluding hydrogens is 236 g/mol.